The molecule has 0 amide bonds. The number of fused-ring (bicyclic) bond motifs is 3. The first-order valence-electron chi connectivity index (χ1n) is 7.95. The topological polar surface area (TPSA) is 43.4 Å². The summed E-state index contributed by atoms with van der Waals surface area (Å²) in [5.74, 6) is -4.13. The van der Waals surface area contributed by atoms with Gasteiger partial charge in [-0.1, -0.05) is 6.42 Å². The molecule has 2 aliphatic carbocycles. The Balaban J connectivity index is 2.06. The van der Waals surface area contributed by atoms with E-state index in [1.54, 1.807) is 20.8 Å². The van der Waals surface area contributed by atoms with E-state index in [1.165, 1.54) is 6.07 Å². The molecule has 0 N–H and O–H groups in total. The van der Waals surface area contributed by atoms with Crippen LogP contribution < -0.4 is 0 Å². The molecule has 0 radical (unpaired) electrons. The summed E-state index contributed by atoms with van der Waals surface area (Å²) in [7, 11) is 0. The SMILES string of the molecule is CC(C)(C)OC(=O)C1C(=O)c2c(F)cc(F)cc2[C@@H]2CCC[C@H]12. The minimum absolute atomic E-state index is 0.134. The predicted molar refractivity (Wildman–Crippen MR) is 80.1 cm³/mol. The van der Waals surface area contributed by atoms with Gasteiger partial charge in [-0.05, 0) is 57.1 Å². The molecule has 0 heterocycles. The Labute approximate surface area is 134 Å². The van der Waals surface area contributed by atoms with Crippen LogP contribution in [0.1, 0.15) is 61.9 Å². The first-order valence-corrected chi connectivity index (χ1v) is 7.95. The number of carbonyl (C=O) groups is 2. The van der Waals surface area contributed by atoms with Crippen molar-refractivity contribution >= 4 is 11.8 Å². The zero-order chi connectivity index (χ0) is 16.9. The maximum atomic E-state index is 14.2. The molecule has 124 valence electrons. The fourth-order valence-electron chi connectivity index (χ4n) is 3.92. The van der Waals surface area contributed by atoms with Crippen LogP contribution >= 0.6 is 0 Å². The van der Waals surface area contributed by atoms with Gasteiger partial charge >= 0.3 is 5.97 Å². The van der Waals surface area contributed by atoms with Crippen molar-refractivity contribution in [1.29, 1.82) is 0 Å². The number of esters is 1. The molecular formula is C18H20F2O3. The van der Waals surface area contributed by atoms with Gasteiger partial charge in [0, 0.05) is 6.07 Å². The molecule has 3 nitrogen and oxygen atoms in total. The largest absolute Gasteiger partial charge is 0.459 e. The van der Waals surface area contributed by atoms with Gasteiger partial charge in [0.2, 0.25) is 0 Å². The van der Waals surface area contributed by atoms with Crippen LogP contribution in [0.15, 0.2) is 12.1 Å². The summed E-state index contributed by atoms with van der Waals surface area (Å²) in [6, 6.07) is 1.95. The minimum Gasteiger partial charge on any atom is -0.459 e. The van der Waals surface area contributed by atoms with Gasteiger partial charge < -0.3 is 4.74 Å². The molecule has 0 aliphatic heterocycles. The second kappa shape index (κ2) is 5.39. The molecule has 1 unspecified atom stereocenters. The molecular weight excluding hydrogens is 302 g/mol. The van der Waals surface area contributed by atoms with Crippen molar-refractivity contribution < 1.29 is 23.1 Å². The van der Waals surface area contributed by atoms with Crippen LogP contribution in [-0.2, 0) is 9.53 Å². The summed E-state index contributed by atoms with van der Waals surface area (Å²) >= 11 is 0. The maximum absolute atomic E-state index is 14.2. The zero-order valence-electron chi connectivity index (χ0n) is 13.5. The third kappa shape index (κ3) is 2.77. The first-order chi connectivity index (χ1) is 10.7. The second-order valence-electron chi connectivity index (χ2n) is 7.43. The van der Waals surface area contributed by atoms with Crippen molar-refractivity contribution in [3.8, 4) is 0 Å². The number of hydrogen-bond acceptors (Lipinski definition) is 3. The smallest absolute Gasteiger partial charge is 0.317 e. The summed E-state index contributed by atoms with van der Waals surface area (Å²) in [5, 5.41) is 0. The lowest BCUT2D eigenvalue weighted by molar-refractivity contribution is -0.160. The van der Waals surface area contributed by atoms with Gasteiger partial charge in [-0.3, -0.25) is 9.59 Å². The Kier molecular flexibility index (Phi) is 3.77. The number of ketones is 1. The summed E-state index contributed by atoms with van der Waals surface area (Å²) in [6.45, 7) is 5.19. The molecule has 1 fully saturated rings. The van der Waals surface area contributed by atoms with E-state index >= 15 is 0 Å². The summed E-state index contributed by atoms with van der Waals surface area (Å²) < 4.78 is 33.2. The standard InChI is InChI=1S/C18H20F2O3/c1-18(2,3)23-17(22)15-11-6-4-5-10(11)12-7-9(19)8-13(20)14(12)16(15)21/h7-8,10-11,15H,4-6H2,1-3H3/t10-,11+,15?/m1/s1. The molecule has 2 aliphatic rings. The molecule has 0 saturated heterocycles. The molecule has 5 heteroatoms. The first kappa shape index (κ1) is 16.1. The van der Waals surface area contributed by atoms with Gasteiger partial charge in [-0.15, -0.1) is 0 Å². The van der Waals surface area contributed by atoms with Crippen molar-refractivity contribution in [3.63, 3.8) is 0 Å². The van der Waals surface area contributed by atoms with E-state index < -0.39 is 34.9 Å². The summed E-state index contributed by atoms with van der Waals surface area (Å²) in [4.78, 5) is 25.3. The van der Waals surface area contributed by atoms with E-state index in [1.807, 2.05) is 0 Å². The lowest BCUT2D eigenvalue weighted by Gasteiger charge is -2.34. The van der Waals surface area contributed by atoms with Crippen LogP contribution in [0.2, 0.25) is 0 Å². The second-order valence-corrected chi connectivity index (χ2v) is 7.43. The van der Waals surface area contributed by atoms with Crippen LogP contribution in [0.5, 0.6) is 0 Å². The van der Waals surface area contributed by atoms with E-state index in [-0.39, 0.29) is 17.4 Å². The van der Waals surface area contributed by atoms with E-state index in [0.717, 1.165) is 12.8 Å². The van der Waals surface area contributed by atoms with E-state index in [0.29, 0.717) is 18.1 Å². The molecule has 1 saturated carbocycles. The highest BCUT2D eigenvalue weighted by atomic mass is 19.1. The number of benzene rings is 1. The van der Waals surface area contributed by atoms with Gasteiger partial charge in [-0.2, -0.15) is 0 Å². The van der Waals surface area contributed by atoms with Crippen LogP contribution in [-0.4, -0.2) is 17.4 Å². The van der Waals surface area contributed by atoms with Crippen LogP contribution in [0.25, 0.3) is 0 Å². The molecule has 1 aromatic rings. The Morgan fingerprint density at radius 2 is 1.91 bits per heavy atom. The highest BCUT2D eigenvalue weighted by Gasteiger charge is 2.50. The normalized spacial score (nSPS) is 26.7. The average Bonchev–Trinajstić information content (AvgIpc) is 2.84. The number of carbonyl (C=O) groups excluding carboxylic acids is 2. The number of rotatable bonds is 1. The van der Waals surface area contributed by atoms with Crippen molar-refractivity contribution in [2.75, 3.05) is 0 Å². The maximum Gasteiger partial charge on any atom is 0.317 e. The van der Waals surface area contributed by atoms with Crippen LogP contribution in [0, 0.1) is 23.5 Å². The lowest BCUT2D eigenvalue weighted by Crippen LogP contribution is -2.41. The van der Waals surface area contributed by atoms with E-state index in [9.17, 15) is 18.4 Å². The van der Waals surface area contributed by atoms with Crippen molar-refractivity contribution in [3.05, 3.63) is 34.9 Å². The average molecular weight is 322 g/mol. The van der Waals surface area contributed by atoms with Crippen LogP contribution in [0.4, 0.5) is 8.78 Å². The molecule has 3 atom stereocenters. The number of hydrogen-bond donors (Lipinski definition) is 0. The number of halogens is 2. The quantitative estimate of drug-likeness (QED) is 0.580. The molecule has 1 aromatic carbocycles. The summed E-state index contributed by atoms with van der Waals surface area (Å²) in [6.07, 6.45) is 2.25. The van der Waals surface area contributed by atoms with Gasteiger partial charge in [0.25, 0.3) is 0 Å². The minimum atomic E-state index is -0.991. The number of Topliss-reactive ketones (excluding diaryl/α,β-unsaturated/α-hetero) is 1. The van der Waals surface area contributed by atoms with Gasteiger partial charge in [0.15, 0.2) is 5.78 Å². The van der Waals surface area contributed by atoms with Crippen molar-refractivity contribution in [1.82, 2.24) is 0 Å². The third-order valence-electron chi connectivity index (χ3n) is 4.67. The monoisotopic (exact) mass is 322 g/mol. The van der Waals surface area contributed by atoms with Gasteiger partial charge in [-0.25, -0.2) is 8.78 Å². The molecule has 0 bridgehead atoms. The van der Waals surface area contributed by atoms with Gasteiger partial charge in [0.05, 0.1) is 5.56 Å². The zero-order valence-corrected chi connectivity index (χ0v) is 13.5. The van der Waals surface area contributed by atoms with Crippen molar-refractivity contribution in [2.45, 2.75) is 51.6 Å². The Bertz CT molecular complexity index is 676. The number of ether oxygens (including phenoxy) is 1. The fraction of sp³-hybridized carbons (Fsp3) is 0.556. The molecule has 3 rings (SSSR count). The van der Waals surface area contributed by atoms with Crippen LogP contribution in [0.3, 0.4) is 0 Å². The van der Waals surface area contributed by atoms with Crippen molar-refractivity contribution in [2.24, 2.45) is 11.8 Å². The van der Waals surface area contributed by atoms with Gasteiger partial charge in [0.1, 0.15) is 23.2 Å². The van der Waals surface area contributed by atoms with E-state index in [4.69, 9.17) is 4.74 Å². The Morgan fingerprint density at radius 3 is 2.57 bits per heavy atom. The highest BCUT2D eigenvalue weighted by molar-refractivity contribution is 6.11. The fourth-order valence-corrected chi connectivity index (χ4v) is 3.92. The Morgan fingerprint density at radius 1 is 1.22 bits per heavy atom. The predicted octanol–water partition coefficient (Wildman–Crippen LogP) is 4.00. The lowest BCUT2D eigenvalue weighted by atomic mass is 9.69. The third-order valence-corrected chi connectivity index (χ3v) is 4.67. The molecule has 23 heavy (non-hydrogen) atoms. The molecule has 0 spiro atoms. The molecule has 0 aromatic heterocycles. The highest BCUT2D eigenvalue weighted by Crippen LogP contribution is 2.50. The summed E-state index contributed by atoms with van der Waals surface area (Å²) in [5.41, 5.74) is -0.437. The Hall–Kier alpha value is -1.78. The van der Waals surface area contributed by atoms with E-state index in [2.05, 4.69) is 0 Å².